The Labute approximate surface area is 164 Å². The van der Waals surface area contributed by atoms with Crippen molar-refractivity contribution in [3.05, 3.63) is 35.9 Å². The second kappa shape index (κ2) is 13.7. The summed E-state index contributed by atoms with van der Waals surface area (Å²) in [4.78, 5) is 11.7. The van der Waals surface area contributed by atoms with Gasteiger partial charge in [0.1, 0.15) is 0 Å². The smallest absolute Gasteiger partial charge is 0.316 e. The molecular weight excluding hydrogens is 309 g/mol. The minimum absolute atomic E-state index is 0. The quantitative estimate of drug-likeness (QED) is 0.383. The van der Waals surface area contributed by atoms with Crippen LogP contribution in [0.5, 0.6) is 0 Å². The zero-order chi connectivity index (χ0) is 17.0. The molecule has 0 fully saturated rings. The van der Waals surface area contributed by atoms with Gasteiger partial charge in [-0.1, -0.05) is 101 Å². The summed E-state index contributed by atoms with van der Waals surface area (Å²) in [7, 11) is 0. The number of rotatable bonds is 13. The predicted octanol–water partition coefficient (Wildman–Crippen LogP) is 5.42. The van der Waals surface area contributed by atoms with Crippen LogP contribution in [0.25, 0.3) is 0 Å². The van der Waals surface area contributed by atoms with Gasteiger partial charge in [0.05, 0.1) is 5.41 Å². The van der Waals surface area contributed by atoms with Crippen LogP contribution in [-0.2, 0) is 10.2 Å². The fourth-order valence-electron chi connectivity index (χ4n) is 3.15. The van der Waals surface area contributed by atoms with Crippen LogP contribution in [0.2, 0.25) is 0 Å². The largest absolute Gasteiger partial charge is 0.481 e. The molecule has 0 aromatic heterocycles. The molecule has 0 saturated heterocycles. The van der Waals surface area contributed by atoms with Gasteiger partial charge in [0, 0.05) is 0 Å². The van der Waals surface area contributed by atoms with E-state index >= 15 is 0 Å². The first-order valence-corrected chi connectivity index (χ1v) is 9.40. The molecule has 1 N–H and O–H groups in total. The van der Waals surface area contributed by atoms with Gasteiger partial charge in [0.25, 0.3) is 0 Å². The van der Waals surface area contributed by atoms with E-state index in [1.807, 2.05) is 37.3 Å². The lowest BCUT2D eigenvalue weighted by atomic mass is 9.78. The van der Waals surface area contributed by atoms with Crippen molar-refractivity contribution in [2.75, 3.05) is 0 Å². The standard InChI is InChI=1S/C21H34O2.Mg.2H/c1-3-4-5-6-7-8-9-10-11-15-18-21(2,20(22)23)19-16-13-12-14-17-19;;;/h12-14,16-17H,3-11,15,18H2,1-2H3,(H,22,23);;;. The number of hydrogen-bond donors (Lipinski definition) is 1. The van der Waals surface area contributed by atoms with Gasteiger partial charge in [-0.25, -0.2) is 0 Å². The second-order valence-corrected chi connectivity index (χ2v) is 6.94. The number of carbonyl (C=O) groups is 1. The molecule has 1 unspecified atom stereocenters. The Bertz CT molecular complexity index is 433. The van der Waals surface area contributed by atoms with Gasteiger partial charge in [0.15, 0.2) is 0 Å². The molecule has 3 heteroatoms. The summed E-state index contributed by atoms with van der Waals surface area (Å²) in [6, 6.07) is 9.66. The SMILES string of the molecule is CCCCCCCCCCCCC(C)(C(=O)O)c1ccccc1.[MgH2]. The van der Waals surface area contributed by atoms with E-state index in [4.69, 9.17) is 0 Å². The van der Waals surface area contributed by atoms with E-state index in [9.17, 15) is 9.90 Å². The maximum Gasteiger partial charge on any atom is 0.316 e. The minimum Gasteiger partial charge on any atom is -0.481 e. The number of hydrogen-bond acceptors (Lipinski definition) is 1. The molecule has 1 atom stereocenters. The minimum atomic E-state index is -0.749. The van der Waals surface area contributed by atoms with Gasteiger partial charge in [-0.3, -0.25) is 4.79 Å². The van der Waals surface area contributed by atoms with E-state index in [0.29, 0.717) is 0 Å². The summed E-state index contributed by atoms with van der Waals surface area (Å²) in [5.41, 5.74) is 0.171. The molecule has 0 saturated carbocycles. The fraction of sp³-hybridized carbons (Fsp3) is 0.667. The summed E-state index contributed by atoms with van der Waals surface area (Å²) in [6.45, 7) is 4.11. The Morgan fingerprint density at radius 2 is 1.33 bits per heavy atom. The highest BCUT2D eigenvalue weighted by Crippen LogP contribution is 2.30. The van der Waals surface area contributed by atoms with Crippen LogP contribution >= 0.6 is 0 Å². The first-order valence-electron chi connectivity index (χ1n) is 9.40. The molecule has 0 bridgehead atoms. The maximum absolute atomic E-state index is 11.7. The number of benzene rings is 1. The molecule has 134 valence electrons. The Kier molecular flexibility index (Phi) is 13.4. The normalized spacial score (nSPS) is 13.1. The number of aliphatic carboxylic acids is 1. The van der Waals surface area contributed by atoms with Crippen molar-refractivity contribution in [2.45, 2.75) is 89.9 Å². The number of unbranched alkanes of at least 4 members (excludes halogenated alkanes) is 9. The lowest BCUT2D eigenvalue weighted by Gasteiger charge is -2.25. The van der Waals surface area contributed by atoms with Crippen molar-refractivity contribution in [3.8, 4) is 0 Å². The highest BCUT2D eigenvalue weighted by molar-refractivity contribution is 5.80. The summed E-state index contributed by atoms with van der Waals surface area (Å²) in [5, 5.41) is 9.63. The molecule has 0 aliphatic heterocycles. The van der Waals surface area contributed by atoms with Crippen molar-refractivity contribution >= 4 is 29.0 Å². The molecule has 1 aromatic carbocycles. The van der Waals surface area contributed by atoms with E-state index < -0.39 is 11.4 Å². The van der Waals surface area contributed by atoms with Crippen LogP contribution in [0.4, 0.5) is 0 Å². The van der Waals surface area contributed by atoms with Gasteiger partial charge in [-0.15, -0.1) is 0 Å². The van der Waals surface area contributed by atoms with E-state index in [0.717, 1.165) is 24.8 Å². The Morgan fingerprint density at radius 3 is 1.79 bits per heavy atom. The van der Waals surface area contributed by atoms with E-state index in [1.54, 1.807) is 0 Å². The first kappa shape index (κ1) is 23.5. The second-order valence-electron chi connectivity index (χ2n) is 6.94. The zero-order valence-electron chi connectivity index (χ0n) is 15.0. The van der Waals surface area contributed by atoms with E-state index in [1.165, 1.54) is 51.4 Å². The Morgan fingerprint density at radius 1 is 0.875 bits per heavy atom. The average Bonchev–Trinajstić information content (AvgIpc) is 2.57. The third kappa shape index (κ3) is 8.52. The maximum atomic E-state index is 11.7. The van der Waals surface area contributed by atoms with Crippen molar-refractivity contribution < 1.29 is 9.90 Å². The Hall–Kier alpha value is -0.544. The summed E-state index contributed by atoms with van der Waals surface area (Å²) >= 11 is 0. The van der Waals surface area contributed by atoms with Crippen LogP contribution in [0.1, 0.15) is 90.0 Å². The van der Waals surface area contributed by atoms with Crippen molar-refractivity contribution in [1.29, 1.82) is 0 Å². The van der Waals surface area contributed by atoms with Gasteiger partial charge in [-0.05, 0) is 18.9 Å². The van der Waals surface area contributed by atoms with Gasteiger partial charge in [0.2, 0.25) is 0 Å². The topological polar surface area (TPSA) is 37.3 Å². The molecular formula is C21H36MgO2. The molecule has 0 amide bonds. The molecule has 0 aliphatic rings. The molecule has 2 nitrogen and oxygen atoms in total. The van der Waals surface area contributed by atoms with Gasteiger partial charge >= 0.3 is 29.0 Å². The van der Waals surface area contributed by atoms with Crippen LogP contribution < -0.4 is 0 Å². The third-order valence-electron chi connectivity index (χ3n) is 4.91. The van der Waals surface area contributed by atoms with Crippen molar-refractivity contribution in [2.24, 2.45) is 0 Å². The highest BCUT2D eigenvalue weighted by Gasteiger charge is 2.34. The third-order valence-corrected chi connectivity index (χ3v) is 4.91. The molecule has 24 heavy (non-hydrogen) atoms. The molecule has 1 rings (SSSR count). The number of carboxylic acids is 1. The molecule has 0 spiro atoms. The number of carboxylic acid groups (broad SMARTS) is 1. The van der Waals surface area contributed by atoms with Crippen LogP contribution in [0.3, 0.4) is 0 Å². The lowest BCUT2D eigenvalue weighted by Crippen LogP contribution is -2.32. The monoisotopic (exact) mass is 344 g/mol. The fourth-order valence-corrected chi connectivity index (χ4v) is 3.15. The lowest BCUT2D eigenvalue weighted by molar-refractivity contribution is -0.143. The summed E-state index contributed by atoms with van der Waals surface area (Å²) < 4.78 is 0. The van der Waals surface area contributed by atoms with Crippen LogP contribution in [0.15, 0.2) is 30.3 Å². The zero-order valence-corrected chi connectivity index (χ0v) is 15.0. The highest BCUT2D eigenvalue weighted by atomic mass is 24.3. The van der Waals surface area contributed by atoms with Gasteiger partial charge in [-0.2, -0.15) is 0 Å². The summed E-state index contributed by atoms with van der Waals surface area (Å²) in [6.07, 6.45) is 13.5. The average molecular weight is 345 g/mol. The summed E-state index contributed by atoms with van der Waals surface area (Å²) in [5.74, 6) is -0.709. The molecule has 1 aromatic rings. The van der Waals surface area contributed by atoms with Crippen molar-refractivity contribution in [3.63, 3.8) is 0 Å². The molecule has 0 aliphatic carbocycles. The molecule has 0 radical (unpaired) electrons. The van der Waals surface area contributed by atoms with Crippen LogP contribution in [0, 0.1) is 0 Å². The van der Waals surface area contributed by atoms with E-state index in [2.05, 4.69) is 6.92 Å². The van der Waals surface area contributed by atoms with Crippen LogP contribution in [-0.4, -0.2) is 34.1 Å². The van der Waals surface area contributed by atoms with Gasteiger partial charge < -0.3 is 5.11 Å². The Balaban J connectivity index is 0.00000529. The first-order chi connectivity index (χ1) is 11.1. The molecule has 0 heterocycles. The van der Waals surface area contributed by atoms with Crippen molar-refractivity contribution in [1.82, 2.24) is 0 Å². The predicted molar refractivity (Wildman–Crippen MR) is 106 cm³/mol. The van der Waals surface area contributed by atoms with E-state index in [-0.39, 0.29) is 23.1 Å².